The first-order chi connectivity index (χ1) is 6.79. The van der Waals surface area contributed by atoms with E-state index in [-0.39, 0.29) is 6.42 Å². The van der Waals surface area contributed by atoms with Crippen molar-refractivity contribution in [2.75, 3.05) is 6.54 Å². The quantitative estimate of drug-likeness (QED) is 0.682. The van der Waals surface area contributed by atoms with E-state index in [4.69, 9.17) is 0 Å². The van der Waals surface area contributed by atoms with Crippen molar-refractivity contribution >= 4 is 5.97 Å². The number of quaternary nitrogens is 1. The van der Waals surface area contributed by atoms with E-state index < -0.39 is 5.97 Å². The van der Waals surface area contributed by atoms with Gasteiger partial charge in [0.05, 0.1) is 12.6 Å². The highest BCUT2D eigenvalue weighted by Gasteiger charge is 2.12. The Kier molecular flexibility index (Phi) is 5.60. The van der Waals surface area contributed by atoms with Gasteiger partial charge in [-0.1, -0.05) is 19.3 Å². The zero-order valence-corrected chi connectivity index (χ0v) is 8.84. The molecule has 1 aliphatic carbocycles. The Hall–Kier alpha value is -0.570. The van der Waals surface area contributed by atoms with Crippen LogP contribution in [-0.4, -0.2) is 18.6 Å². The smallest absolute Gasteiger partial charge is 0.0859 e. The summed E-state index contributed by atoms with van der Waals surface area (Å²) in [6.07, 6.45) is 9.41. The van der Waals surface area contributed by atoms with Crippen molar-refractivity contribution in [2.24, 2.45) is 0 Å². The first-order valence-electron chi connectivity index (χ1n) is 5.82. The van der Waals surface area contributed by atoms with E-state index >= 15 is 0 Å². The molecular weight excluding hydrogens is 178 g/mol. The minimum atomic E-state index is -0.924. The summed E-state index contributed by atoms with van der Waals surface area (Å²) < 4.78 is 0. The molecule has 14 heavy (non-hydrogen) atoms. The van der Waals surface area contributed by atoms with E-state index in [2.05, 4.69) is 5.32 Å². The minimum absolute atomic E-state index is 0.191. The summed E-state index contributed by atoms with van der Waals surface area (Å²) in [5, 5.41) is 12.4. The largest absolute Gasteiger partial charge is 0.550 e. The molecule has 0 unspecified atom stereocenters. The van der Waals surface area contributed by atoms with Crippen molar-refractivity contribution in [2.45, 2.75) is 57.4 Å². The second kappa shape index (κ2) is 6.82. The Morgan fingerprint density at radius 2 is 1.71 bits per heavy atom. The third-order valence-corrected chi connectivity index (χ3v) is 3.00. The summed E-state index contributed by atoms with van der Waals surface area (Å²) in [6.45, 7) is 0.687. The van der Waals surface area contributed by atoms with Gasteiger partial charge in [0.2, 0.25) is 0 Å². The van der Waals surface area contributed by atoms with Crippen LogP contribution in [0.25, 0.3) is 0 Å². The maximum absolute atomic E-state index is 10.2. The van der Waals surface area contributed by atoms with Gasteiger partial charge in [0.1, 0.15) is 0 Å². The predicted octanol–water partition coefficient (Wildman–Crippen LogP) is -0.197. The highest BCUT2D eigenvalue weighted by molar-refractivity contribution is 5.64. The number of hydrogen-bond donors (Lipinski definition) is 1. The number of carboxylic acid groups (broad SMARTS) is 1. The molecule has 1 fully saturated rings. The molecule has 3 heteroatoms. The van der Waals surface area contributed by atoms with Crippen molar-refractivity contribution in [1.29, 1.82) is 0 Å². The van der Waals surface area contributed by atoms with Crippen LogP contribution in [0.5, 0.6) is 0 Å². The fourth-order valence-electron chi connectivity index (χ4n) is 2.16. The molecule has 0 aromatic heterocycles. The molecule has 0 bridgehead atoms. The van der Waals surface area contributed by atoms with Crippen molar-refractivity contribution in [3.8, 4) is 0 Å². The summed E-state index contributed by atoms with van der Waals surface area (Å²) in [4.78, 5) is 10.2. The zero-order chi connectivity index (χ0) is 10.2. The molecule has 0 aromatic carbocycles. The van der Waals surface area contributed by atoms with E-state index in [1.165, 1.54) is 44.9 Å². The van der Waals surface area contributed by atoms with Crippen LogP contribution in [-0.2, 0) is 4.79 Å². The lowest BCUT2D eigenvalue weighted by Gasteiger charge is -2.18. The predicted molar refractivity (Wildman–Crippen MR) is 52.5 cm³/mol. The summed E-state index contributed by atoms with van der Waals surface area (Å²) in [5.74, 6) is -0.924. The summed E-state index contributed by atoms with van der Waals surface area (Å²) in [6, 6.07) is 0.662. The molecule has 0 spiro atoms. The number of aliphatic carboxylic acids is 1. The topological polar surface area (TPSA) is 56.7 Å². The second-order valence-corrected chi connectivity index (χ2v) is 4.25. The Labute approximate surface area is 85.9 Å². The van der Waals surface area contributed by atoms with Gasteiger partial charge in [0.25, 0.3) is 0 Å². The molecule has 0 saturated heterocycles. The van der Waals surface area contributed by atoms with Crippen molar-refractivity contribution in [3.63, 3.8) is 0 Å². The highest BCUT2D eigenvalue weighted by atomic mass is 16.4. The molecule has 3 nitrogen and oxygen atoms in total. The van der Waals surface area contributed by atoms with Gasteiger partial charge in [-0.05, 0) is 25.7 Å². The summed E-state index contributed by atoms with van der Waals surface area (Å²) in [5.41, 5.74) is 0. The first kappa shape index (κ1) is 11.5. The standard InChI is InChI=1S/C11H21NO2/c13-11(14)8-9-12-10-6-4-2-1-3-5-7-10/h10,12H,1-9H2,(H,13,14). The molecule has 1 rings (SSSR count). The van der Waals surface area contributed by atoms with Gasteiger partial charge >= 0.3 is 0 Å². The Morgan fingerprint density at radius 1 is 1.14 bits per heavy atom. The Bertz CT molecular complexity index is 163. The zero-order valence-electron chi connectivity index (χ0n) is 8.84. The fraction of sp³-hybridized carbons (Fsp3) is 0.909. The minimum Gasteiger partial charge on any atom is -0.550 e. The normalized spacial score (nSPS) is 20.0. The van der Waals surface area contributed by atoms with Crippen LogP contribution in [0.15, 0.2) is 0 Å². The highest BCUT2D eigenvalue weighted by Crippen LogP contribution is 2.14. The van der Waals surface area contributed by atoms with E-state index in [1.807, 2.05) is 0 Å². The van der Waals surface area contributed by atoms with E-state index in [9.17, 15) is 9.90 Å². The maximum atomic E-state index is 10.2. The number of hydrogen-bond acceptors (Lipinski definition) is 2. The molecular formula is C11H21NO2. The maximum Gasteiger partial charge on any atom is 0.0859 e. The van der Waals surface area contributed by atoms with Crippen LogP contribution in [0.2, 0.25) is 0 Å². The lowest BCUT2D eigenvalue weighted by atomic mass is 9.97. The van der Waals surface area contributed by atoms with Gasteiger partial charge in [-0.25, -0.2) is 0 Å². The molecule has 0 radical (unpaired) electrons. The van der Waals surface area contributed by atoms with E-state index in [0.717, 1.165) is 0 Å². The Morgan fingerprint density at radius 3 is 2.29 bits per heavy atom. The van der Waals surface area contributed by atoms with Gasteiger partial charge < -0.3 is 15.2 Å². The number of nitrogens with two attached hydrogens (primary N) is 1. The molecule has 0 aliphatic heterocycles. The number of carbonyl (C=O) groups excluding carboxylic acids is 1. The van der Waals surface area contributed by atoms with Crippen LogP contribution >= 0.6 is 0 Å². The molecule has 0 atom stereocenters. The summed E-state index contributed by atoms with van der Waals surface area (Å²) in [7, 11) is 0. The second-order valence-electron chi connectivity index (χ2n) is 4.25. The first-order valence-corrected chi connectivity index (χ1v) is 5.82. The molecule has 0 heterocycles. The average molecular weight is 199 g/mol. The van der Waals surface area contributed by atoms with Crippen LogP contribution in [0.3, 0.4) is 0 Å². The van der Waals surface area contributed by atoms with Crippen molar-refractivity contribution < 1.29 is 15.2 Å². The average Bonchev–Trinajstić information content (AvgIpc) is 2.07. The van der Waals surface area contributed by atoms with Crippen LogP contribution in [0.1, 0.15) is 51.4 Å². The van der Waals surface area contributed by atoms with E-state index in [1.54, 1.807) is 0 Å². The molecule has 82 valence electrons. The van der Waals surface area contributed by atoms with Crippen molar-refractivity contribution in [3.05, 3.63) is 0 Å². The molecule has 1 saturated carbocycles. The van der Waals surface area contributed by atoms with Crippen LogP contribution in [0, 0.1) is 0 Å². The van der Waals surface area contributed by atoms with Gasteiger partial charge in [0, 0.05) is 12.4 Å². The molecule has 1 aliphatic rings. The SMILES string of the molecule is O=C([O-])CC[NH2+]C1CCCCCCC1. The molecule has 0 amide bonds. The van der Waals surface area contributed by atoms with Gasteiger partial charge in [-0.15, -0.1) is 0 Å². The number of rotatable bonds is 4. The van der Waals surface area contributed by atoms with Gasteiger partial charge in [-0.2, -0.15) is 0 Å². The van der Waals surface area contributed by atoms with Crippen molar-refractivity contribution in [1.82, 2.24) is 0 Å². The van der Waals surface area contributed by atoms with Gasteiger partial charge in [-0.3, -0.25) is 0 Å². The van der Waals surface area contributed by atoms with Crippen LogP contribution in [0.4, 0.5) is 0 Å². The molecule has 2 N–H and O–H groups in total. The third-order valence-electron chi connectivity index (χ3n) is 3.00. The monoisotopic (exact) mass is 199 g/mol. The van der Waals surface area contributed by atoms with Gasteiger partial charge in [0.15, 0.2) is 0 Å². The number of carboxylic acids is 1. The number of carbonyl (C=O) groups is 1. The lowest BCUT2D eigenvalue weighted by Crippen LogP contribution is -2.90. The molecule has 0 aromatic rings. The Balaban J connectivity index is 2.10. The van der Waals surface area contributed by atoms with E-state index in [0.29, 0.717) is 12.6 Å². The lowest BCUT2D eigenvalue weighted by molar-refractivity contribution is -0.690. The summed E-state index contributed by atoms with van der Waals surface area (Å²) >= 11 is 0. The third kappa shape index (κ3) is 5.22. The fourth-order valence-corrected chi connectivity index (χ4v) is 2.16. The van der Waals surface area contributed by atoms with Crippen LogP contribution < -0.4 is 10.4 Å².